The maximum absolute atomic E-state index is 16.6. The van der Waals surface area contributed by atoms with Crippen molar-refractivity contribution in [2.45, 2.75) is 228 Å². The van der Waals surface area contributed by atoms with Crippen LogP contribution < -0.4 is 62.3 Å². The molecule has 0 unspecified atom stereocenters. The van der Waals surface area contributed by atoms with Gasteiger partial charge in [-0.3, -0.25) is 38.4 Å². The molecule has 0 spiro atoms. The summed E-state index contributed by atoms with van der Waals surface area (Å²) in [6.45, 7) is 8.58. The first-order chi connectivity index (χ1) is 57.6. The Morgan fingerprint density at radius 2 is 1.35 bits per heavy atom. The van der Waals surface area contributed by atoms with Crippen molar-refractivity contribution in [3.05, 3.63) is 117 Å². The second-order valence-corrected chi connectivity index (χ2v) is 35.3. The van der Waals surface area contributed by atoms with Crippen LogP contribution in [-0.2, 0) is 52.6 Å². The number of fused-ring (bicyclic) bond motifs is 15. The summed E-state index contributed by atoms with van der Waals surface area (Å²) < 4.78 is 45.0. The largest absolute Gasteiger partial charge is 0.507 e. The van der Waals surface area contributed by atoms with Crippen molar-refractivity contribution in [1.29, 1.82) is 0 Å². The van der Waals surface area contributed by atoms with Gasteiger partial charge in [-0.25, -0.2) is 4.79 Å². The first kappa shape index (κ1) is 89.6. The van der Waals surface area contributed by atoms with Crippen LogP contribution in [0.5, 0.6) is 46.0 Å². The van der Waals surface area contributed by atoms with Gasteiger partial charge in [-0.15, -0.1) is 0 Å². The number of aliphatic hydroxyl groups excluding tert-OH is 6. The van der Waals surface area contributed by atoms with Crippen LogP contribution in [-0.4, -0.2) is 187 Å². The van der Waals surface area contributed by atoms with Crippen molar-refractivity contribution >= 4 is 76.2 Å². The molecular weight excluding hydrogens is 1610 g/mol. The van der Waals surface area contributed by atoms with E-state index in [0.29, 0.717) is 31.1 Å². The van der Waals surface area contributed by atoms with Gasteiger partial charge >= 0.3 is 6.09 Å². The molecule has 34 heteroatoms. The van der Waals surface area contributed by atoms with Gasteiger partial charge in [0, 0.05) is 67.3 Å². The maximum atomic E-state index is 16.6. The summed E-state index contributed by atoms with van der Waals surface area (Å²) in [4.78, 5) is 137. The minimum absolute atomic E-state index is 0.0167. The Morgan fingerprint density at radius 1 is 0.702 bits per heavy atom. The summed E-state index contributed by atoms with van der Waals surface area (Å²) in [5, 5.41) is 112. The standard InChI is InChI=1S/C87H108Cl2N8O24/c1-7-42(19-38(2)3)81(110)96-72-59(101)28-49(31-67(90)104)82(111)94-70-48-29-64(117-62-15-12-44(74(72)105)26-55(62)88)78(121-85-79(77(108)76(107)66(37-98)119-85)120-68-36-87(5,91)80(109)39(4)115-68)65(30-48)118-63-16-13-45(27-56(63)89)75(106)73-84(113)95-71(61(103)34-51-46-21-40-20-41(23-46)24-47(51)22-40)54-32-50(116-86(114)93-18-10-8-9-17-92-6)33-58(100)69(54)53-25-43(11-14-57(53)99)52(35-60(70)102)83(112)97-73/h11-16,25-27,29-30,32-33,38-42,46-47,49,51-52,66,68,70-77,79-80,85,92,98-100,105-109H,7-10,17-24,28,31,34-37,91H2,1-6H3,(H2,90,104)(H,93,114)(H,94,111)(H,95,113)(H,96,110)(H,97,112)/t39-,40?,41?,42+,46?,47?,49-,51?,52+,66+,68-,70+,71-,72-,73-,74+,75+,76+,77-,79+,80+,85-,87-/m0/s1. The Balaban J connectivity index is 1.01. The number of phenolic OH excluding ortho intramolecular Hbond substituents is 2. The number of benzene rings is 5. The number of Topliss-reactive ketones (excluding diaryl/α,β-unsaturated/α-hetero) is 3. The average molecular weight is 1720 g/mol. The van der Waals surface area contributed by atoms with Crippen molar-refractivity contribution in [2.75, 3.05) is 26.7 Å². The van der Waals surface area contributed by atoms with Gasteiger partial charge in [0.05, 0.1) is 40.7 Å². The predicted octanol–water partition coefficient (Wildman–Crippen LogP) is 7.24. The molecule has 4 aliphatic carbocycles. The summed E-state index contributed by atoms with van der Waals surface area (Å²) >= 11 is 14.5. The Bertz CT molecular complexity index is 4720. The van der Waals surface area contributed by atoms with Crippen LogP contribution in [0.4, 0.5) is 4.79 Å². The van der Waals surface area contributed by atoms with Crippen LogP contribution in [0.1, 0.15) is 189 Å². The molecule has 6 amide bonds. The zero-order chi connectivity index (χ0) is 86.9. The van der Waals surface area contributed by atoms with Crippen molar-refractivity contribution in [3.8, 4) is 57.1 Å². The Hall–Kier alpha value is -9.13. The fourth-order valence-electron chi connectivity index (χ4n) is 19.0. The lowest BCUT2D eigenvalue weighted by Crippen LogP contribution is -2.64. The highest BCUT2D eigenvalue weighted by molar-refractivity contribution is 6.32. The van der Waals surface area contributed by atoms with Crippen LogP contribution >= 0.6 is 23.2 Å². The fraction of sp³-hybridized carbons (Fsp3) is 0.552. The van der Waals surface area contributed by atoms with E-state index in [1.165, 1.54) is 68.4 Å². The summed E-state index contributed by atoms with van der Waals surface area (Å²) in [7, 11) is 1.82. The first-order valence-corrected chi connectivity index (χ1v) is 42.3. The monoisotopic (exact) mass is 1720 g/mol. The minimum atomic E-state index is -2.18. The van der Waals surface area contributed by atoms with Crippen LogP contribution in [0.3, 0.4) is 0 Å². The molecule has 16 rings (SSSR count). The third-order valence-electron chi connectivity index (χ3n) is 25.1. The number of phenols is 2. The molecule has 7 aliphatic heterocycles. The van der Waals surface area contributed by atoms with Gasteiger partial charge in [-0.2, -0.15) is 0 Å². The fourth-order valence-corrected chi connectivity index (χ4v) is 19.5. The number of carbonyl (C=O) groups excluding carboxylic acids is 9. The molecule has 121 heavy (non-hydrogen) atoms. The van der Waals surface area contributed by atoms with Crippen molar-refractivity contribution in [1.82, 2.24) is 31.9 Å². The van der Waals surface area contributed by atoms with Crippen molar-refractivity contribution in [2.24, 2.45) is 58.8 Å². The number of nitrogens with two attached hydrogens (primary N) is 2. The second kappa shape index (κ2) is 37.9. The number of ether oxygens (including phenoxy) is 7. The van der Waals surface area contributed by atoms with E-state index < -0.39 is 216 Å². The number of hydrogen-bond acceptors (Lipinski definition) is 26. The van der Waals surface area contributed by atoms with E-state index in [-0.39, 0.29) is 109 Å². The zero-order valence-electron chi connectivity index (χ0n) is 68.0. The maximum Gasteiger partial charge on any atom is 0.412 e. The van der Waals surface area contributed by atoms with Gasteiger partial charge in [0.25, 0.3) is 0 Å². The number of nitrogens with one attached hydrogen (secondary N) is 6. The van der Waals surface area contributed by atoms with Crippen molar-refractivity contribution < 1.29 is 117 Å². The van der Waals surface area contributed by atoms with Crippen LogP contribution in [0, 0.1) is 47.3 Å². The summed E-state index contributed by atoms with van der Waals surface area (Å²) in [6, 6.07) is 7.62. The molecule has 654 valence electrons. The number of carbonyl (C=O) groups is 9. The van der Waals surface area contributed by atoms with E-state index in [9.17, 15) is 55.2 Å². The van der Waals surface area contributed by atoms with Crippen LogP contribution in [0.25, 0.3) is 11.1 Å². The third kappa shape index (κ3) is 19.9. The summed E-state index contributed by atoms with van der Waals surface area (Å²) in [5.74, 6) is -15.4. The highest BCUT2D eigenvalue weighted by Gasteiger charge is 2.53. The molecule has 0 aromatic heterocycles. The van der Waals surface area contributed by atoms with Gasteiger partial charge in [0.15, 0.2) is 41.2 Å². The first-order valence-electron chi connectivity index (χ1n) is 41.5. The molecular formula is C87H108Cl2N8O24. The molecule has 7 heterocycles. The van der Waals surface area contributed by atoms with Crippen LogP contribution in [0.15, 0.2) is 78.9 Å². The molecule has 2 saturated heterocycles. The lowest BCUT2D eigenvalue weighted by atomic mass is 9.51. The van der Waals surface area contributed by atoms with E-state index in [1.807, 2.05) is 20.9 Å². The zero-order valence-corrected chi connectivity index (χ0v) is 69.5. The lowest BCUT2D eigenvalue weighted by Gasteiger charge is -2.54. The summed E-state index contributed by atoms with van der Waals surface area (Å²) in [6.07, 6.45) is -13.9. The smallest absolute Gasteiger partial charge is 0.412 e. The van der Waals surface area contributed by atoms with Gasteiger partial charge in [0.1, 0.15) is 83.4 Å². The molecule has 18 atom stereocenters. The number of rotatable bonds is 22. The van der Waals surface area contributed by atoms with Gasteiger partial charge in [-0.1, -0.05) is 68.6 Å². The predicted molar refractivity (Wildman–Crippen MR) is 436 cm³/mol. The Labute approximate surface area is 709 Å². The highest BCUT2D eigenvalue weighted by atomic mass is 35.5. The normalized spacial score (nSPS) is 31.1. The Kier molecular flexibility index (Phi) is 28.1. The van der Waals surface area contributed by atoms with Crippen molar-refractivity contribution in [3.63, 3.8) is 0 Å². The number of halogens is 2. The lowest BCUT2D eigenvalue weighted by molar-refractivity contribution is -0.333. The summed E-state index contributed by atoms with van der Waals surface area (Å²) in [5.41, 5.74) is 9.55. The molecule has 11 aliphatic rings. The SMILES string of the molecule is CC[C@H](CC(C)C)C(=O)N[C@H]1C(=O)C[C@@H](CC(N)=O)C(=O)N[C@H]2C(=O)C[C@H]3C(=O)N[C@H](C(=O)N[C@H](C(=O)CC4C5CC6CC(C5)CC4C6)c4cc(OC(=O)NCCCCCNC)cc(O)c4-c4cc3ccc4O)[C@H](O)c3ccc(c(Cl)c3)Oc3cc2cc(c3O[C@@H]2O[C@H](CO)[C@@H](O)[C@H](O)[C@H]2O[C@H]2C[C@](C)(N)[C@H](O)[C@H](C)O2)Oc2ccc(cc2Cl)[C@H]1O. The number of aromatic hydroxyl groups is 2. The molecule has 5 aromatic rings. The van der Waals surface area contributed by atoms with E-state index in [0.717, 1.165) is 75.8 Å². The number of hydrogen-bond donors (Lipinski definition) is 16. The van der Waals surface area contributed by atoms with E-state index >= 15 is 28.8 Å². The van der Waals surface area contributed by atoms with E-state index in [2.05, 4.69) is 31.9 Å². The van der Waals surface area contributed by atoms with E-state index in [4.69, 9.17) is 67.8 Å². The van der Waals surface area contributed by atoms with E-state index in [1.54, 1.807) is 6.92 Å². The van der Waals surface area contributed by atoms with Crippen LogP contribution in [0.2, 0.25) is 10.0 Å². The van der Waals surface area contributed by atoms with Gasteiger partial charge in [-0.05, 0) is 203 Å². The molecule has 18 N–H and O–H groups in total. The molecule has 15 bridgehead atoms. The highest BCUT2D eigenvalue weighted by Crippen LogP contribution is 2.59. The average Bonchev–Trinajstić information content (AvgIpc) is 0.755. The number of primary amides is 1. The number of ketones is 3. The van der Waals surface area contributed by atoms with Gasteiger partial charge in [0.2, 0.25) is 41.6 Å². The van der Waals surface area contributed by atoms with Gasteiger partial charge < -0.3 is 117 Å². The quantitative estimate of drug-likeness (QED) is 0.0303. The molecule has 0 radical (unpaired) electrons. The Morgan fingerprint density at radius 3 is 1.96 bits per heavy atom. The third-order valence-corrected chi connectivity index (χ3v) is 25.7. The number of unbranched alkanes of at least 4 members (excludes halogenated alkanes) is 2. The number of amides is 6. The number of aliphatic hydroxyl groups is 6. The molecule has 5 aromatic carbocycles. The topological polar surface area (TPSA) is 504 Å². The molecule has 32 nitrogen and oxygen atoms in total. The molecule has 4 saturated carbocycles. The minimum Gasteiger partial charge on any atom is -0.507 e. The molecule has 6 fully saturated rings. The second-order valence-electron chi connectivity index (χ2n) is 34.5.